The van der Waals surface area contributed by atoms with Gasteiger partial charge in [-0.3, -0.25) is 4.79 Å². The van der Waals surface area contributed by atoms with Crippen LogP contribution in [-0.4, -0.2) is 95.1 Å². The Morgan fingerprint density at radius 3 is 2.32 bits per heavy atom. The first kappa shape index (κ1) is 31.3. The zero-order valence-electron chi connectivity index (χ0n) is 27.3. The summed E-state index contributed by atoms with van der Waals surface area (Å²) in [6.07, 6.45) is 4.10. The Balaban J connectivity index is 1.06. The maximum atomic E-state index is 14.1. The number of likely N-dealkylation sites (tertiary alicyclic amines) is 3. The molecule has 3 fully saturated rings. The van der Waals surface area contributed by atoms with E-state index in [4.69, 9.17) is 4.74 Å². The summed E-state index contributed by atoms with van der Waals surface area (Å²) in [6.45, 7) is 6.25. The number of aryl methyl sites for hydroxylation is 1. The third-order valence-corrected chi connectivity index (χ3v) is 11.0. The van der Waals surface area contributed by atoms with Crippen molar-refractivity contribution in [2.75, 3.05) is 51.6 Å². The van der Waals surface area contributed by atoms with Crippen molar-refractivity contribution in [3.63, 3.8) is 0 Å². The van der Waals surface area contributed by atoms with E-state index in [0.29, 0.717) is 56.4 Å². The van der Waals surface area contributed by atoms with Gasteiger partial charge in [-0.15, -0.1) is 0 Å². The number of hydrogen-bond donors (Lipinski definition) is 4. The Bertz CT molecular complexity index is 1710. The van der Waals surface area contributed by atoms with E-state index in [0.717, 1.165) is 53.8 Å². The van der Waals surface area contributed by atoms with Crippen LogP contribution >= 0.6 is 0 Å². The molecule has 1 aromatic heterocycles. The molecule has 0 bridgehead atoms. The van der Waals surface area contributed by atoms with E-state index in [2.05, 4.69) is 32.5 Å². The van der Waals surface area contributed by atoms with Gasteiger partial charge in [0.25, 0.3) is 5.91 Å². The molecule has 3 saturated heterocycles. The fraction of sp³-hybridized carbons (Fsp3) is 0.543. The molecular formula is C35H45N7O5. The summed E-state index contributed by atoms with van der Waals surface area (Å²) < 4.78 is 6.10. The van der Waals surface area contributed by atoms with Crippen LogP contribution in [0, 0.1) is 18.8 Å². The summed E-state index contributed by atoms with van der Waals surface area (Å²) in [5.41, 5.74) is 4.01. The van der Waals surface area contributed by atoms with Gasteiger partial charge in [0.2, 0.25) is 0 Å². The van der Waals surface area contributed by atoms with Gasteiger partial charge in [0.15, 0.2) is 6.10 Å². The van der Waals surface area contributed by atoms with Gasteiger partial charge in [-0.1, -0.05) is 24.3 Å². The minimum absolute atomic E-state index is 0.173. The number of carbonyl (C=O) groups excluding carboxylic acids is 3. The summed E-state index contributed by atoms with van der Waals surface area (Å²) in [7, 11) is 2.18. The van der Waals surface area contributed by atoms with Gasteiger partial charge in [0.1, 0.15) is 0 Å². The topological polar surface area (TPSA) is 143 Å². The van der Waals surface area contributed by atoms with Crippen LogP contribution in [0.4, 0.5) is 15.3 Å². The molecule has 4 aliphatic rings. The van der Waals surface area contributed by atoms with Gasteiger partial charge in [-0.2, -0.15) is 0 Å². The van der Waals surface area contributed by atoms with Gasteiger partial charge < -0.3 is 40.0 Å². The van der Waals surface area contributed by atoms with Crippen molar-refractivity contribution in [3.05, 3.63) is 63.6 Å². The number of piperidine rings is 3. The molecule has 4 N–H and O–H groups in total. The Hall–Kier alpha value is -4.32. The highest BCUT2D eigenvalue weighted by Crippen LogP contribution is 2.40. The van der Waals surface area contributed by atoms with E-state index >= 15 is 0 Å². The molecule has 1 spiro atoms. The number of fused-ring (bicyclic) bond motifs is 3. The summed E-state index contributed by atoms with van der Waals surface area (Å²) in [6, 6.07) is 11.3. The summed E-state index contributed by atoms with van der Waals surface area (Å²) >= 11 is 0. The zero-order valence-corrected chi connectivity index (χ0v) is 27.3. The molecular weight excluding hydrogens is 598 g/mol. The second-order valence-electron chi connectivity index (χ2n) is 14.0. The number of ether oxygens (including phenoxy) is 1. The van der Waals surface area contributed by atoms with E-state index < -0.39 is 17.7 Å². The van der Waals surface area contributed by atoms with Crippen molar-refractivity contribution in [2.45, 2.75) is 63.5 Å². The molecule has 0 radical (unpaired) electrons. The average molecular weight is 644 g/mol. The number of amides is 4. The van der Waals surface area contributed by atoms with E-state index in [1.165, 1.54) is 12.8 Å². The molecule has 5 heterocycles. The van der Waals surface area contributed by atoms with Crippen molar-refractivity contribution < 1.29 is 19.1 Å². The Kier molecular flexibility index (Phi) is 8.46. The van der Waals surface area contributed by atoms with Gasteiger partial charge in [-0.05, 0) is 101 Å². The number of aromatic amines is 2. The number of anilines is 1. The Labute approximate surface area is 274 Å². The second-order valence-corrected chi connectivity index (χ2v) is 14.0. The first-order chi connectivity index (χ1) is 22.7. The number of aromatic nitrogens is 2. The quantitative estimate of drug-likeness (QED) is 0.332. The molecule has 7 rings (SSSR count). The fourth-order valence-electron chi connectivity index (χ4n) is 8.31. The lowest BCUT2D eigenvalue weighted by Crippen LogP contribution is -2.58. The second kappa shape index (κ2) is 12.7. The van der Waals surface area contributed by atoms with Crippen LogP contribution in [0.3, 0.4) is 0 Å². The standard InChI is InChI=1S/C35H45N7O5/c1-22-19-23(20-28-30(22)38-32(44)37-28)21-29(31(43)41-15-9-25(10-16-41)24-7-13-40(2)14-8-24)47-34(46)42-17-11-35(12-18-42)26-5-3-4-6-27(26)36-33(45)39-35/h3-6,19-20,24-25,29H,7-18,21H2,1-2H3,(H2,36,39,45)(H2,37,38,44). The van der Waals surface area contributed by atoms with E-state index in [1.807, 2.05) is 48.2 Å². The largest absolute Gasteiger partial charge is 0.436 e. The minimum atomic E-state index is -1.000. The first-order valence-corrected chi connectivity index (χ1v) is 17.0. The van der Waals surface area contributed by atoms with Gasteiger partial charge in [0.05, 0.1) is 16.6 Å². The number of imidazole rings is 1. The minimum Gasteiger partial charge on any atom is -0.436 e. The number of rotatable bonds is 5. The molecule has 4 amide bonds. The molecule has 0 aliphatic carbocycles. The van der Waals surface area contributed by atoms with Crippen molar-refractivity contribution in [1.82, 2.24) is 30.0 Å². The normalized spacial score (nSPS) is 21.3. The molecule has 12 heteroatoms. The Morgan fingerprint density at radius 2 is 1.60 bits per heavy atom. The highest BCUT2D eigenvalue weighted by molar-refractivity contribution is 5.94. The smallest absolute Gasteiger partial charge is 0.410 e. The molecule has 4 aliphatic heterocycles. The SMILES string of the molecule is Cc1cc(CC(OC(=O)N2CCC3(CC2)NC(=O)Nc2ccccc23)C(=O)N2CCC(C3CCN(C)CC3)CC2)cc2[nH]c(=O)[nH]c12. The van der Waals surface area contributed by atoms with Gasteiger partial charge in [-0.25, -0.2) is 14.4 Å². The van der Waals surface area contributed by atoms with Gasteiger partial charge >= 0.3 is 17.8 Å². The molecule has 47 heavy (non-hydrogen) atoms. The van der Waals surface area contributed by atoms with E-state index in [9.17, 15) is 19.2 Å². The van der Waals surface area contributed by atoms with E-state index in [1.54, 1.807) is 4.90 Å². The highest BCUT2D eigenvalue weighted by atomic mass is 16.6. The molecule has 0 saturated carbocycles. The predicted molar refractivity (Wildman–Crippen MR) is 178 cm³/mol. The molecule has 2 aromatic carbocycles. The fourth-order valence-corrected chi connectivity index (χ4v) is 8.31. The maximum Gasteiger partial charge on any atom is 0.410 e. The number of urea groups is 1. The average Bonchev–Trinajstić information content (AvgIpc) is 3.45. The van der Waals surface area contributed by atoms with Crippen molar-refractivity contribution >= 4 is 34.8 Å². The monoisotopic (exact) mass is 643 g/mol. The van der Waals surface area contributed by atoms with Crippen molar-refractivity contribution in [2.24, 2.45) is 11.8 Å². The van der Waals surface area contributed by atoms with Crippen LogP contribution in [0.2, 0.25) is 0 Å². The number of nitrogens with zero attached hydrogens (tertiary/aromatic N) is 3. The van der Waals surface area contributed by atoms with Crippen LogP contribution in [0.5, 0.6) is 0 Å². The number of benzene rings is 2. The van der Waals surface area contributed by atoms with Crippen LogP contribution in [0.25, 0.3) is 11.0 Å². The molecule has 1 unspecified atom stereocenters. The van der Waals surface area contributed by atoms with Crippen molar-refractivity contribution in [3.8, 4) is 0 Å². The van der Waals surface area contributed by atoms with Crippen LogP contribution in [0.15, 0.2) is 41.2 Å². The first-order valence-electron chi connectivity index (χ1n) is 17.0. The number of carbonyl (C=O) groups is 3. The number of para-hydroxylation sites is 1. The lowest BCUT2D eigenvalue weighted by molar-refractivity contribution is -0.142. The van der Waals surface area contributed by atoms with Crippen LogP contribution in [0.1, 0.15) is 55.2 Å². The van der Waals surface area contributed by atoms with Crippen LogP contribution in [-0.2, 0) is 21.5 Å². The summed E-state index contributed by atoms with van der Waals surface area (Å²) in [4.78, 5) is 63.9. The highest BCUT2D eigenvalue weighted by Gasteiger charge is 2.44. The third-order valence-electron chi connectivity index (χ3n) is 11.0. The number of nitrogens with one attached hydrogen (secondary N) is 4. The molecule has 3 aromatic rings. The number of hydrogen-bond acceptors (Lipinski definition) is 6. The summed E-state index contributed by atoms with van der Waals surface area (Å²) in [5.74, 6) is 1.15. The maximum absolute atomic E-state index is 14.1. The van der Waals surface area contributed by atoms with Gasteiger partial charge in [0, 0.05) is 43.9 Å². The van der Waals surface area contributed by atoms with E-state index in [-0.39, 0.29) is 24.0 Å². The molecule has 1 atom stereocenters. The molecule has 250 valence electrons. The zero-order chi connectivity index (χ0) is 32.7. The van der Waals surface area contributed by atoms with Crippen molar-refractivity contribution in [1.29, 1.82) is 0 Å². The lowest BCUT2D eigenvalue weighted by atomic mass is 9.79. The van der Waals surface area contributed by atoms with Crippen LogP contribution < -0.4 is 16.3 Å². The number of H-pyrrole nitrogens is 2. The lowest BCUT2D eigenvalue weighted by Gasteiger charge is -2.45. The molecule has 12 nitrogen and oxygen atoms in total. The Morgan fingerprint density at radius 1 is 0.915 bits per heavy atom. The predicted octanol–water partition coefficient (Wildman–Crippen LogP) is 3.92. The third kappa shape index (κ3) is 6.35. The summed E-state index contributed by atoms with van der Waals surface area (Å²) in [5, 5.41) is 5.99.